The summed E-state index contributed by atoms with van der Waals surface area (Å²) in [5, 5.41) is 18.5. The highest BCUT2D eigenvalue weighted by Gasteiger charge is 1.99. The Morgan fingerprint density at radius 3 is 1.65 bits per heavy atom. The Morgan fingerprint density at radius 2 is 1.26 bits per heavy atom. The maximum absolute atomic E-state index is 8.41. The second-order valence-electron chi connectivity index (χ2n) is 5.50. The molecule has 0 spiro atoms. The van der Waals surface area contributed by atoms with Crippen molar-refractivity contribution < 1.29 is 5.21 Å². The molecule has 0 aromatic heterocycles. The van der Waals surface area contributed by atoms with Gasteiger partial charge < -0.3 is 16.7 Å². The number of amidine groups is 2. The molecule has 0 amide bonds. The number of nitrogens with two attached hydrogens (primary N) is 2. The van der Waals surface area contributed by atoms with Crippen molar-refractivity contribution in [3.05, 3.63) is 69.8 Å². The highest BCUT2D eigenvalue weighted by molar-refractivity contribution is 5.97. The maximum atomic E-state index is 8.41. The predicted molar refractivity (Wildman–Crippen MR) is 95.4 cm³/mol. The summed E-state index contributed by atoms with van der Waals surface area (Å²) in [6, 6.07) is 11.4. The van der Waals surface area contributed by atoms with Crippen molar-refractivity contribution in [2.24, 2.45) is 16.6 Å². The minimum atomic E-state index is 0.133. The summed E-state index contributed by atoms with van der Waals surface area (Å²) in [5.41, 5.74) is 17.0. The number of oxime groups is 1. The molecule has 2 aromatic rings. The zero-order valence-electron chi connectivity index (χ0n) is 14.0. The van der Waals surface area contributed by atoms with Crippen LogP contribution < -0.4 is 11.5 Å². The first kappa shape index (κ1) is 18.2. The third kappa shape index (κ3) is 5.14. The van der Waals surface area contributed by atoms with Crippen molar-refractivity contribution in [2.75, 3.05) is 0 Å². The molecule has 0 aliphatic carbocycles. The largest absolute Gasteiger partial charge is 0.409 e. The highest BCUT2D eigenvalue weighted by Crippen LogP contribution is 2.09. The lowest BCUT2D eigenvalue weighted by Gasteiger charge is -2.02. The van der Waals surface area contributed by atoms with Crippen LogP contribution in [0.25, 0.3) is 0 Å². The summed E-state index contributed by atoms with van der Waals surface area (Å²) in [6.45, 7) is 8.07. The number of nitrogens with zero attached hydrogens (tertiary/aromatic N) is 1. The standard InChI is InChI=1S/C9H12N2O.C9H12N2/c1-6-3-4-8(5-7(6)2)9(10)11-12;1-6-3-4-8(9(10)11)5-7(6)2/h3-5,12H,1-2H3,(H2,10,11);3-5H,1-2H3,(H3,10,11). The molecule has 0 heterocycles. The van der Waals surface area contributed by atoms with Crippen LogP contribution in [0.2, 0.25) is 0 Å². The van der Waals surface area contributed by atoms with Gasteiger partial charge in [-0.25, -0.2) is 0 Å². The van der Waals surface area contributed by atoms with E-state index in [-0.39, 0.29) is 11.7 Å². The van der Waals surface area contributed by atoms with Crippen molar-refractivity contribution >= 4 is 11.7 Å². The predicted octanol–water partition coefficient (Wildman–Crippen LogP) is 2.99. The summed E-state index contributed by atoms with van der Waals surface area (Å²) in [5.74, 6) is 0.284. The number of hydrogen-bond acceptors (Lipinski definition) is 3. The molecule has 0 saturated heterocycles. The number of nitrogen functional groups attached to an aromatic ring is 1. The average Bonchev–Trinajstić information content (AvgIpc) is 2.52. The van der Waals surface area contributed by atoms with Gasteiger partial charge in [0, 0.05) is 11.1 Å². The van der Waals surface area contributed by atoms with E-state index in [9.17, 15) is 0 Å². The Morgan fingerprint density at radius 1 is 0.826 bits per heavy atom. The van der Waals surface area contributed by atoms with E-state index in [1.54, 1.807) is 0 Å². The Bertz CT molecular complexity index is 736. The third-order valence-electron chi connectivity index (χ3n) is 3.73. The zero-order chi connectivity index (χ0) is 17.6. The first-order valence-electron chi connectivity index (χ1n) is 7.23. The van der Waals surface area contributed by atoms with Gasteiger partial charge >= 0.3 is 0 Å². The average molecular weight is 312 g/mol. The Hall–Kier alpha value is -2.82. The number of hydrogen-bond donors (Lipinski definition) is 4. The molecule has 0 bridgehead atoms. The second kappa shape index (κ2) is 7.98. The molecule has 122 valence electrons. The van der Waals surface area contributed by atoms with E-state index in [0.717, 1.165) is 16.7 Å². The quantitative estimate of drug-likeness (QED) is 0.296. The molecule has 0 unspecified atom stereocenters. The third-order valence-corrected chi connectivity index (χ3v) is 3.73. The SMILES string of the molecule is Cc1ccc(/C(N)=N\O)cc1C.Cc1ccc(C(=N)N)cc1C. The second-order valence-corrected chi connectivity index (χ2v) is 5.50. The van der Waals surface area contributed by atoms with Crippen LogP contribution >= 0.6 is 0 Å². The molecular weight excluding hydrogens is 288 g/mol. The molecule has 0 radical (unpaired) electrons. The van der Waals surface area contributed by atoms with E-state index in [2.05, 4.69) is 5.16 Å². The smallest absolute Gasteiger partial charge is 0.170 e. The van der Waals surface area contributed by atoms with Crippen LogP contribution in [-0.2, 0) is 0 Å². The van der Waals surface area contributed by atoms with Crippen molar-refractivity contribution in [3.63, 3.8) is 0 Å². The lowest BCUT2D eigenvalue weighted by molar-refractivity contribution is 0.318. The fraction of sp³-hybridized carbons (Fsp3) is 0.222. The van der Waals surface area contributed by atoms with E-state index in [0.29, 0.717) is 0 Å². The van der Waals surface area contributed by atoms with Crippen LogP contribution in [0, 0.1) is 33.1 Å². The Labute approximate surface area is 137 Å². The van der Waals surface area contributed by atoms with Crippen LogP contribution in [0.1, 0.15) is 33.4 Å². The highest BCUT2D eigenvalue weighted by atomic mass is 16.4. The molecule has 0 saturated carbocycles. The van der Waals surface area contributed by atoms with Crippen LogP contribution in [0.5, 0.6) is 0 Å². The number of benzene rings is 2. The van der Waals surface area contributed by atoms with Gasteiger partial charge in [-0.3, -0.25) is 5.41 Å². The normalized spacial score (nSPS) is 10.7. The number of rotatable bonds is 2. The first-order valence-corrected chi connectivity index (χ1v) is 7.23. The van der Waals surface area contributed by atoms with Gasteiger partial charge in [-0.05, 0) is 62.1 Å². The van der Waals surface area contributed by atoms with Crippen LogP contribution in [0.4, 0.5) is 0 Å². The zero-order valence-corrected chi connectivity index (χ0v) is 14.0. The number of aryl methyl sites for hydroxylation is 4. The molecule has 0 aliphatic rings. The molecule has 5 nitrogen and oxygen atoms in total. The van der Waals surface area contributed by atoms with Gasteiger partial charge in [-0.2, -0.15) is 0 Å². The maximum Gasteiger partial charge on any atom is 0.170 e. The van der Waals surface area contributed by atoms with Gasteiger partial charge in [-0.1, -0.05) is 29.4 Å². The van der Waals surface area contributed by atoms with Crippen molar-refractivity contribution in [2.45, 2.75) is 27.7 Å². The lowest BCUT2D eigenvalue weighted by atomic mass is 10.1. The van der Waals surface area contributed by atoms with E-state index in [4.69, 9.17) is 22.1 Å². The van der Waals surface area contributed by atoms with Crippen molar-refractivity contribution in [3.8, 4) is 0 Å². The van der Waals surface area contributed by atoms with Crippen LogP contribution in [0.15, 0.2) is 41.6 Å². The van der Waals surface area contributed by atoms with E-state index >= 15 is 0 Å². The molecule has 0 fully saturated rings. The van der Waals surface area contributed by atoms with Crippen LogP contribution in [0.3, 0.4) is 0 Å². The number of nitrogens with one attached hydrogen (secondary N) is 1. The van der Waals surface area contributed by atoms with Gasteiger partial charge in [0.25, 0.3) is 0 Å². The molecule has 23 heavy (non-hydrogen) atoms. The molecule has 2 aromatic carbocycles. The lowest BCUT2D eigenvalue weighted by Crippen LogP contribution is -2.13. The topological polar surface area (TPSA) is 108 Å². The molecule has 0 atom stereocenters. The minimum absolute atomic E-state index is 0.133. The summed E-state index contributed by atoms with van der Waals surface area (Å²) in [4.78, 5) is 0. The summed E-state index contributed by atoms with van der Waals surface area (Å²) < 4.78 is 0. The molecule has 0 aliphatic heterocycles. The first-order chi connectivity index (χ1) is 10.8. The van der Waals surface area contributed by atoms with Gasteiger partial charge in [-0.15, -0.1) is 0 Å². The summed E-state index contributed by atoms with van der Waals surface area (Å²) in [6.07, 6.45) is 0. The minimum Gasteiger partial charge on any atom is -0.409 e. The van der Waals surface area contributed by atoms with Crippen molar-refractivity contribution in [1.29, 1.82) is 5.41 Å². The summed E-state index contributed by atoms with van der Waals surface area (Å²) >= 11 is 0. The van der Waals surface area contributed by atoms with E-state index < -0.39 is 0 Å². The fourth-order valence-electron chi connectivity index (χ4n) is 1.87. The summed E-state index contributed by atoms with van der Waals surface area (Å²) in [7, 11) is 0. The van der Waals surface area contributed by atoms with E-state index in [1.165, 1.54) is 16.7 Å². The molecular formula is C18H24N4O. The van der Waals surface area contributed by atoms with Gasteiger partial charge in [0.05, 0.1) is 0 Å². The van der Waals surface area contributed by atoms with Crippen LogP contribution in [-0.4, -0.2) is 16.9 Å². The monoisotopic (exact) mass is 312 g/mol. The van der Waals surface area contributed by atoms with Gasteiger partial charge in [0.2, 0.25) is 0 Å². The van der Waals surface area contributed by atoms with E-state index in [1.807, 2.05) is 64.1 Å². The van der Waals surface area contributed by atoms with Crippen molar-refractivity contribution in [1.82, 2.24) is 0 Å². The fourth-order valence-corrected chi connectivity index (χ4v) is 1.87. The molecule has 5 heteroatoms. The molecule has 6 N–H and O–H groups in total. The van der Waals surface area contributed by atoms with Gasteiger partial charge in [0.1, 0.15) is 5.84 Å². The Kier molecular flexibility index (Phi) is 6.33. The Balaban J connectivity index is 0.000000231. The van der Waals surface area contributed by atoms with Gasteiger partial charge in [0.15, 0.2) is 5.84 Å². The molecule has 2 rings (SSSR count).